The maximum absolute atomic E-state index is 11.3. The molecule has 0 radical (unpaired) electrons. The largest absolute Gasteiger partial charge is 0.508 e. The van der Waals surface area contributed by atoms with Gasteiger partial charge in [0.25, 0.3) is 0 Å². The lowest BCUT2D eigenvalue weighted by atomic mass is 10.1. The quantitative estimate of drug-likeness (QED) is 0.797. The topological polar surface area (TPSA) is 72.6 Å². The highest BCUT2D eigenvalue weighted by atomic mass is 16.5. The molecular formula is C11H11NO4. The molecule has 1 aromatic heterocycles. The molecule has 5 heteroatoms. The molecule has 0 saturated heterocycles. The summed E-state index contributed by atoms with van der Waals surface area (Å²) < 4.78 is 9.81. The van der Waals surface area contributed by atoms with Crippen molar-refractivity contribution in [2.24, 2.45) is 0 Å². The van der Waals surface area contributed by atoms with Gasteiger partial charge in [-0.1, -0.05) is 5.16 Å². The number of phenols is 1. The van der Waals surface area contributed by atoms with Gasteiger partial charge >= 0.3 is 5.97 Å². The average molecular weight is 221 g/mol. The van der Waals surface area contributed by atoms with Crippen LogP contribution in [0.1, 0.15) is 12.6 Å². The van der Waals surface area contributed by atoms with Crippen LogP contribution in [0.25, 0.3) is 11.0 Å². The monoisotopic (exact) mass is 221 g/mol. The van der Waals surface area contributed by atoms with Crippen LogP contribution in [0.5, 0.6) is 5.75 Å². The first kappa shape index (κ1) is 10.5. The Morgan fingerprint density at radius 2 is 2.38 bits per heavy atom. The second-order valence-corrected chi connectivity index (χ2v) is 3.29. The first-order valence-electron chi connectivity index (χ1n) is 4.93. The molecule has 0 aliphatic heterocycles. The molecule has 0 saturated carbocycles. The molecule has 0 aliphatic carbocycles. The number of benzene rings is 1. The van der Waals surface area contributed by atoms with Crippen molar-refractivity contribution in [3.05, 3.63) is 23.9 Å². The Morgan fingerprint density at radius 3 is 3.12 bits per heavy atom. The summed E-state index contributed by atoms with van der Waals surface area (Å²) in [6.07, 6.45) is 0.0750. The third kappa shape index (κ3) is 1.98. The van der Waals surface area contributed by atoms with Crippen molar-refractivity contribution in [1.82, 2.24) is 5.16 Å². The molecule has 1 heterocycles. The van der Waals surface area contributed by atoms with Crippen LogP contribution in [0.3, 0.4) is 0 Å². The molecule has 5 nitrogen and oxygen atoms in total. The van der Waals surface area contributed by atoms with Gasteiger partial charge in [-0.15, -0.1) is 0 Å². The Hall–Kier alpha value is -2.04. The van der Waals surface area contributed by atoms with Gasteiger partial charge in [-0.3, -0.25) is 4.79 Å². The number of carbonyl (C=O) groups excluding carboxylic acids is 1. The molecule has 84 valence electrons. The summed E-state index contributed by atoms with van der Waals surface area (Å²) >= 11 is 0. The van der Waals surface area contributed by atoms with E-state index in [2.05, 4.69) is 5.16 Å². The van der Waals surface area contributed by atoms with Crippen LogP contribution in [-0.2, 0) is 16.0 Å². The third-order valence-corrected chi connectivity index (χ3v) is 2.15. The van der Waals surface area contributed by atoms with Crippen molar-refractivity contribution in [1.29, 1.82) is 0 Å². The molecule has 0 aliphatic rings. The van der Waals surface area contributed by atoms with Crippen molar-refractivity contribution >= 4 is 16.9 Å². The lowest BCUT2D eigenvalue weighted by Gasteiger charge is -1.98. The predicted molar refractivity (Wildman–Crippen MR) is 56.0 cm³/mol. The first-order chi connectivity index (χ1) is 7.70. The molecule has 2 aromatic rings. The molecular weight excluding hydrogens is 210 g/mol. The number of aromatic nitrogens is 1. The Kier molecular flexibility index (Phi) is 2.76. The summed E-state index contributed by atoms with van der Waals surface area (Å²) in [5.74, 6) is -0.239. The number of hydrogen-bond acceptors (Lipinski definition) is 5. The Morgan fingerprint density at radius 1 is 1.56 bits per heavy atom. The minimum Gasteiger partial charge on any atom is -0.508 e. The zero-order chi connectivity index (χ0) is 11.5. The van der Waals surface area contributed by atoms with Crippen molar-refractivity contribution in [2.75, 3.05) is 6.61 Å². The lowest BCUT2D eigenvalue weighted by molar-refractivity contribution is -0.142. The van der Waals surface area contributed by atoms with Gasteiger partial charge in [0.1, 0.15) is 11.4 Å². The van der Waals surface area contributed by atoms with E-state index in [0.29, 0.717) is 23.3 Å². The highest BCUT2D eigenvalue weighted by molar-refractivity contribution is 5.85. The Bertz CT molecular complexity index is 518. The summed E-state index contributed by atoms with van der Waals surface area (Å²) in [5.41, 5.74) is 0.979. The average Bonchev–Trinajstić information content (AvgIpc) is 2.61. The van der Waals surface area contributed by atoms with Gasteiger partial charge in [0.2, 0.25) is 0 Å². The van der Waals surface area contributed by atoms with Crippen molar-refractivity contribution < 1.29 is 19.2 Å². The standard InChI is InChI=1S/C11H11NO4/c1-2-15-11(14)6-9-8-4-3-7(13)5-10(8)16-12-9/h3-5,13H,2,6H2,1H3. The number of fused-ring (bicyclic) bond motifs is 1. The van der Waals surface area contributed by atoms with Crippen molar-refractivity contribution in [2.45, 2.75) is 13.3 Å². The van der Waals surface area contributed by atoms with E-state index >= 15 is 0 Å². The Balaban J connectivity index is 2.28. The zero-order valence-electron chi connectivity index (χ0n) is 8.77. The molecule has 0 atom stereocenters. The van der Waals surface area contributed by atoms with Crippen molar-refractivity contribution in [3.8, 4) is 5.75 Å². The second kappa shape index (κ2) is 4.22. The smallest absolute Gasteiger partial charge is 0.312 e. The predicted octanol–water partition coefficient (Wildman–Crippen LogP) is 1.64. The number of esters is 1. The van der Waals surface area contributed by atoms with E-state index in [1.54, 1.807) is 13.0 Å². The minimum absolute atomic E-state index is 0.0750. The molecule has 2 rings (SSSR count). The van der Waals surface area contributed by atoms with E-state index in [1.807, 2.05) is 0 Å². The molecule has 0 bridgehead atoms. The fourth-order valence-corrected chi connectivity index (χ4v) is 1.45. The second-order valence-electron chi connectivity index (χ2n) is 3.29. The van der Waals surface area contributed by atoms with E-state index in [1.165, 1.54) is 12.1 Å². The van der Waals surface area contributed by atoms with Crippen LogP contribution in [-0.4, -0.2) is 22.8 Å². The number of phenolic OH excluding ortho intramolecular Hbond substituents is 1. The fourth-order valence-electron chi connectivity index (χ4n) is 1.45. The number of rotatable bonds is 3. The summed E-state index contributed by atoms with van der Waals surface area (Å²) in [6.45, 7) is 2.09. The van der Waals surface area contributed by atoms with Gasteiger partial charge < -0.3 is 14.4 Å². The van der Waals surface area contributed by atoms with Crippen LogP contribution in [0.4, 0.5) is 0 Å². The molecule has 1 aromatic carbocycles. The van der Waals surface area contributed by atoms with E-state index in [0.717, 1.165) is 0 Å². The van der Waals surface area contributed by atoms with Crippen LogP contribution >= 0.6 is 0 Å². The van der Waals surface area contributed by atoms with Gasteiger partial charge in [0, 0.05) is 11.5 Å². The number of hydrogen-bond donors (Lipinski definition) is 1. The van der Waals surface area contributed by atoms with Gasteiger partial charge in [-0.2, -0.15) is 0 Å². The van der Waals surface area contributed by atoms with E-state index < -0.39 is 0 Å². The maximum atomic E-state index is 11.3. The fraction of sp³-hybridized carbons (Fsp3) is 0.273. The minimum atomic E-state index is -0.342. The van der Waals surface area contributed by atoms with Crippen LogP contribution in [0.2, 0.25) is 0 Å². The number of nitrogens with zero attached hydrogens (tertiary/aromatic N) is 1. The maximum Gasteiger partial charge on any atom is 0.312 e. The summed E-state index contributed by atoms with van der Waals surface area (Å²) in [4.78, 5) is 11.3. The highest BCUT2D eigenvalue weighted by Crippen LogP contribution is 2.23. The first-order valence-corrected chi connectivity index (χ1v) is 4.93. The summed E-state index contributed by atoms with van der Waals surface area (Å²) in [6, 6.07) is 4.64. The number of carbonyl (C=O) groups is 1. The highest BCUT2D eigenvalue weighted by Gasteiger charge is 2.13. The Labute approximate surface area is 91.6 Å². The van der Waals surface area contributed by atoms with Gasteiger partial charge in [-0.25, -0.2) is 0 Å². The number of ether oxygens (including phenoxy) is 1. The van der Waals surface area contributed by atoms with Crippen LogP contribution in [0, 0.1) is 0 Å². The molecule has 0 amide bonds. The van der Waals surface area contributed by atoms with E-state index in [4.69, 9.17) is 9.26 Å². The number of aromatic hydroxyl groups is 1. The molecule has 1 N–H and O–H groups in total. The van der Waals surface area contributed by atoms with Crippen molar-refractivity contribution in [3.63, 3.8) is 0 Å². The van der Waals surface area contributed by atoms with E-state index in [9.17, 15) is 9.90 Å². The van der Waals surface area contributed by atoms with Gasteiger partial charge in [-0.05, 0) is 19.1 Å². The SMILES string of the molecule is CCOC(=O)Cc1noc2cc(O)ccc12. The molecule has 0 spiro atoms. The lowest BCUT2D eigenvalue weighted by Crippen LogP contribution is -2.07. The summed E-state index contributed by atoms with van der Waals surface area (Å²) in [5, 5.41) is 13.7. The summed E-state index contributed by atoms with van der Waals surface area (Å²) in [7, 11) is 0. The molecule has 0 fully saturated rings. The molecule has 16 heavy (non-hydrogen) atoms. The van der Waals surface area contributed by atoms with Crippen LogP contribution < -0.4 is 0 Å². The normalized spacial score (nSPS) is 10.6. The third-order valence-electron chi connectivity index (χ3n) is 2.15. The zero-order valence-corrected chi connectivity index (χ0v) is 8.77. The van der Waals surface area contributed by atoms with Crippen LogP contribution in [0.15, 0.2) is 22.7 Å². The van der Waals surface area contributed by atoms with Gasteiger partial charge in [0.05, 0.1) is 13.0 Å². The van der Waals surface area contributed by atoms with E-state index in [-0.39, 0.29) is 18.1 Å². The van der Waals surface area contributed by atoms with Gasteiger partial charge in [0.15, 0.2) is 5.58 Å². The molecule has 0 unspecified atom stereocenters.